The summed E-state index contributed by atoms with van der Waals surface area (Å²) < 4.78 is 0. The fourth-order valence-electron chi connectivity index (χ4n) is 1.78. The minimum Gasteiger partial charge on any atom is -0.356 e. The zero-order chi connectivity index (χ0) is 16.5. The van der Waals surface area contributed by atoms with Crippen molar-refractivity contribution in [1.29, 1.82) is 0 Å². The molecule has 0 aromatic heterocycles. The van der Waals surface area contributed by atoms with Gasteiger partial charge in [-0.05, 0) is 38.0 Å². The highest BCUT2D eigenvalue weighted by Crippen LogP contribution is 2.22. The predicted octanol–water partition coefficient (Wildman–Crippen LogP) is 3.56. The molecule has 0 aliphatic heterocycles. The van der Waals surface area contributed by atoms with Crippen LogP contribution in [-0.2, 0) is 4.79 Å². The van der Waals surface area contributed by atoms with Crippen molar-refractivity contribution in [3.63, 3.8) is 0 Å². The fraction of sp³-hybridized carbons (Fsp3) is 0.500. The van der Waals surface area contributed by atoms with Gasteiger partial charge < -0.3 is 16.0 Å². The van der Waals surface area contributed by atoms with Crippen molar-refractivity contribution in [3.05, 3.63) is 28.8 Å². The van der Waals surface area contributed by atoms with Crippen LogP contribution in [-0.4, -0.2) is 31.5 Å². The van der Waals surface area contributed by atoms with Crippen LogP contribution in [0.4, 0.5) is 5.69 Å². The van der Waals surface area contributed by atoms with Crippen LogP contribution in [0.3, 0.4) is 0 Å². The van der Waals surface area contributed by atoms with Gasteiger partial charge >= 0.3 is 0 Å². The summed E-state index contributed by atoms with van der Waals surface area (Å²) in [6, 6.07) is 5.81. The van der Waals surface area contributed by atoms with Crippen LogP contribution in [0.2, 0.25) is 5.02 Å². The molecule has 23 heavy (non-hydrogen) atoms. The minimum absolute atomic E-state index is 0. The Hall–Kier alpha value is -1.02. The average Bonchev–Trinajstić information content (AvgIpc) is 2.50. The lowest BCUT2D eigenvalue weighted by atomic mass is 10.2. The zero-order valence-electron chi connectivity index (χ0n) is 14.1. The van der Waals surface area contributed by atoms with Crippen molar-refractivity contribution in [2.24, 2.45) is 4.99 Å². The number of hydrogen-bond donors (Lipinski definition) is 3. The molecule has 1 rings (SSSR count). The van der Waals surface area contributed by atoms with Crippen molar-refractivity contribution < 1.29 is 4.79 Å². The van der Waals surface area contributed by atoms with Gasteiger partial charge in [0.1, 0.15) is 0 Å². The van der Waals surface area contributed by atoms with Gasteiger partial charge in [-0.1, -0.05) is 24.6 Å². The maximum Gasteiger partial charge on any atom is 0.226 e. The Morgan fingerprint density at radius 1 is 1.39 bits per heavy atom. The number of guanidine groups is 1. The number of halogens is 2. The van der Waals surface area contributed by atoms with Gasteiger partial charge in [0.15, 0.2) is 5.96 Å². The van der Waals surface area contributed by atoms with Gasteiger partial charge in [-0.3, -0.25) is 9.79 Å². The molecule has 0 bridgehead atoms. The summed E-state index contributed by atoms with van der Waals surface area (Å²) in [6.45, 7) is 6.59. The van der Waals surface area contributed by atoms with Gasteiger partial charge in [0.25, 0.3) is 0 Å². The molecular weight excluding hydrogens is 427 g/mol. The summed E-state index contributed by atoms with van der Waals surface area (Å²) in [5.74, 6) is 0.651. The normalized spacial score (nSPS) is 12.1. The van der Waals surface area contributed by atoms with Crippen molar-refractivity contribution >= 4 is 53.1 Å². The van der Waals surface area contributed by atoms with E-state index in [0.717, 1.165) is 17.7 Å². The molecule has 130 valence electrons. The van der Waals surface area contributed by atoms with Gasteiger partial charge in [0.2, 0.25) is 5.91 Å². The van der Waals surface area contributed by atoms with Crippen LogP contribution < -0.4 is 16.0 Å². The number of benzene rings is 1. The topological polar surface area (TPSA) is 65.5 Å². The van der Waals surface area contributed by atoms with Crippen molar-refractivity contribution in [1.82, 2.24) is 10.6 Å². The number of amides is 1. The molecule has 3 N–H and O–H groups in total. The van der Waals surface area contributed by atoms with Crippen molar-refractivity contribution in [3.8, 4) is 0 Å². The summed E-state index contributed by atoms with van der Waals surface area (Å²) in [6.07, 6.45) is 1.36. The lowest BCUT2D eigenvalue weighted by molar-refractivity contribution is -0.116. The van der Waals surface area contributed by atoms with Crippen molar-refractivity contribution in [2.75, 3.05) is 18.9 Å². The maximum atomic E-state index is 12.0. The lowest BCUT2D eigenvalue weighted by Gasteiger charge is -2.16. The van der Waals surface area contributed by atoms with E-state index in [1.807, 2.05) is 19.1 Å². The van der Waals surface area contributed by atoms with E-state index in [9.17, 15) is 4.79 Å². The standard InChI is InChI=1S/C16H25ClN4O.HI/c1-5-11(2)20-16(18-4)19-10-9-15(22)21-14-8-6-7-13(17)12(14)3;/h6-8,11H,5,9-10H2,1-4H3,(H,21,22)(H2,18,19,20);1H. The second-order valence-corrected chi connectivity index (χ2v) is 5.57. The highest BCUT2D eigenvalue weighted by molar-refractivity contribution is 14.0. The van der Waals surface area contributed by atoms with Crippen LogP contribution in [0, 0.1) is 6.92 Å². The average molecular weight is 453 g/mol. The van der Waals surface area contributed by atoms with E-state index in [-0.39, 0.29) is 29.9 Å². The van der Waals surface area contributed by atoms with Gasteiger partial charge in [0, 0.05) is 36.8 Å². The van der Waals surface area contributed by atoms with Gasteiger partial charge in [-0.15, -0.1) is 24.0 Å². The molecule has 0 saturated carbocycles. The van der Waals surface area contributed by atoms with Crippen LogP contribution in [0.1, 0.15) is 32.3 Å². The number of nitrogens with one attached hydrogen (secondary N) is 3. The maximum absolute atomic E-state index is 12.0. The monoisotopic (exact) mass is 452 g/mol. The Balaban J connectivity index is 0.00000484. The fourth-order valence-corrected chi connectivity index (χ4v) is 1.95. The molecule has 1 amide bonds. The van der Waals surface area contributed by atoms with Crippen LogP contribution >= 0.6 is 35.6 Å². The summed E-state index contributed by atoms with van der Waals surface area (Å²) >= 11 is 6.04. The van der Waals surface area contributed by atoms with Crippen LogP contribution in [0.25, 0.3) is 0 Å². The molecule has 0 spiro atoms. The molecule has 0 saturated heterocycles. The first-order valence-corrected chi connectivity index (χ1v) is 7.87. The van der Waals surface area contributed by atoms with E-state index in [4.69, 9.17) is 11.6 Å². The zero-order valence-corrected chi connectivity index (χ0v) is 17.2. The second kappa shape index (κ2) is 11.5. The minimum atomic E-state index is -0.0585. The Morgan fingerprint density at radius 3 is 2.70 bits per heavy atom. The van der Waals surface area contributed by atoms with E-state index < -0.39 is 0 Å². The summed E-state index contributed by atoms with van der Waals surface area (Å²) in [7, 11) is 1.72. The molecule has 0 heterocycles. The number of carbonyl (C=O) groups is 1. The summed E-state index contributed by atoms with van der Waals surface area (Å²) in [5.41, 5.74) is 1.62. The van der Waals surface area contributed by atoms with Crippen LogP contribution in [0.5, 0.6) is 0 Å². The molecule has 7 heteroatoms. The third kappa shape index (κ3) is 7.87. The van der Waals surface area contributed by atoms with E-state index in [1.165, 1.54) is 0 Å². The molecule has 1 aromatic carbocycles. The molecular formula is C16H26ClIN4O. The quantitative estimate of drug-likeness (QED) is 0.351. The predicted molar refractivity (Wildman–Crippen MR) is 109 cm³/mol. The molecule has 0 aliphatic rings. The number of nitrogens with zero attached hydrogens (tertiary/aromatic N) is 1. The van der Waals surface area contributed by atoms with Gasteiger partial charge in [0.05, 0.1) is 0 Å². The van der Waals surface area contributed by atoms with Crippen LogP contribution in [0.15, 0.2) is 23.2 Å². The third-order valence-corrected chi connectivity index (χ3v) is 3.81. The molecule has 0 radical (unpaired) electrons. The van der Waals surface area contributed by atoms with E-state index in [0.29, 0.717) is 30.0 Å². The van der Waals surface area contributed by atoms with Gasteiger partial charge in [-0.25, -0.2) is 0 Å². The molecule has 0 aliphatic carbocycles. The number of aliphatic imine (C=N–C) groups is 1. The highest BCUT2D eigenvalue weighted by Gasteiger charge is 2.07. The number of hydrogen-bond acceptors (Lipinski definition) is 2. The Labute approximate surface area is 160 Å². The van der Waals surface area contributed by atoms with Gasteiger partial charge in [-0.2, -0.15) is 0 Å². The van der Waals surface area contributed by atoms with E-state index in [1.54, 1.807) is 13.1 Å². The first-order chi connectivity index (χ1) is 10.5. The smallest absolute Gasteiger partial charge is 0.226 e. The largest absolute Gasteiger partial charge is 0.356 e. The number of carbonyl (C=O) groups excluding carboxylic acids is 1. The Morgan fingerprint density at radius 2 is 2.09 bits per heavy atom. The number of rotatable bonds is 6. The Kier molecular flexibility index (Phi) is 11.0. The Bertz CT molecular complexity index is 537. The molecule has 0 fully saturated rings. The summed E-state index contributed by atoms with van der Waals surface area (Å²) in [4.78, 5) is 16.1. The van der Waals surface area contributed by atoms with E-state index in [2.05, 4.69) is 34.8 Å². The third-order valence-electron chi connectivity index (χ3n) is 3.41. The second-order valence-electron chi connectivity index (χ2n) is 5.16. The van der Waals surface area contributed by atoms with E-state index >= 15 is 0 Å². The molecule has 5 nitrogen and oxygen atoms in total. The summed E-state index contributed by atoms with van der Waals surface area (Å²) in [5, 5.41) is 9.89. The molecule has 1 aromatic rings. The lowest BCUT2D eigenvalue weighted by Crippen LogP contribution is -2.42. The first-order valence-electron chi connectivity index (χ1n) is 7.50. The molecule has 1 unspecified atom stereocenters. The molecule has 1 atom stereocenters. The first kappa shape index (κ1) is 22.0. The number of anilines is 1. The van der Waals surface area contributed by atoms with Crippen molar-refractivity contribution in [2.45, 2.75) is 39.7 Å². The SMILES string of the molecule is CCC(C)NC(=NC)NCCC(=O)Nc1cccc(Cl)c1C.I. The highest BCUT2D eigenvalue weighted by atomic mass is 127.